The zero-order valence-electron chi connectivity index (χ0n) is 16.7. The summed E-state index contributed by atoms with van der Waals surface area (Å²) in [4.78, 5) is 28.3. The molecule has 1 saturated carbocycles. The number of aliphatic hydroxyl groups is 1. The highest BCUT2D eigenvalue weighted by molar-refractivity contribution is 5.76. The molecule has 1 N–H and O–H groups in total. The standard InChI is InChI=1S/C21H32N2O4/c1-13-5-4-6-15-11-17-18(19(25)21(13,15)3)16(20(26)27-17)12-22-7-9-23(10-8-22)14(2)24/h6,13,16-19,25H,4-5,7-12H2,1-3H3/t13-,16+,17+,18+,19-,21+/m0/s1. The molecular weight excluding hydrogens is 344 g/mol. The summed E-state index contributed by atoms with van der Waals surface area (Å²) in [6.07, 6.45) is 4.42. The van der Waals surface area contributed by atoms with Crippen molar-refractivity contribution in [3.05, 3.63) is 11.6 Å². The molecule has 0 spiro atoms. The fourth-order valence-electron chi connectivity index (χ4n) is 5.80. The zero-order valence-corrected chi connectivity index (χ0v) is 16.7. The highest BCUT2D eigenvalue weighted by atomic mass is 16.6. The molecule has 150 valence electrons. The summed E-state index contributed by atoms with van der Waals surface area (Å²) in [6.45, 7) is 9.58. The van der Waals surface area contributed by atoms with Gasteiger partial charge in [-0.1, -0.05) is 25.5 Å². The maximum atomic E-state index is 12.7. The van der Waals surface area contributed by atoms with Crippen LogP contribution in [0, 0.1) is 23.2 Å². The lowest BCUT2D eigenvalue weighted by Gasteiger charge is -2.52. The first-order chi connectivity index (χ1) is 12.8. The van der Waals surface area contributed by atoms with Gasteiger partial charge in [0.15, 0.2) is 0 Å². The topological polar surface area (TPSA) is 70.1 Å². The van der Waals surface area contributed by atoms with E-state index in [1.807, 2.05) is 4.90 Å². The number of piperazine rings is 1. The Morgan fingerprint density at radius 2 is 2.04 bits per heavy atom. The van der Waals surface area contributed by atoms with Crippen molar-refractivity contribution < 1.29 is 19.4 Å². The number of allylic oxidation sites excluding steroid dienone is 1. The quantitative estimate of drug-likeness (QED) is 0.583. The van der Waals surface area contributed by atoms with Gasteiger partial charge in [0.1, 0.15) is 6.10 Å². The lowest BCUT2D eigenvalue weighted by atomic mass is 9.55. The number of hydrogen-bond acceptors (Lipinski definition) is 5. The summed E-state index contributed by atoms with van der Waals surface area (Å²) in [5.74, 6) is -0.0545. The third kappa shape index (κ3) is 3.01. The average Bonchev–Trinajstić information content (AvgIpc) is 2.94. The number of carbonyl (C=O) groups excluding carboxylic acids is 2. The van der Waals surface area contributed by atoms with E-state index in [0.29, 0.717) is 25.6 Å². The van der Waals surface area contributed by atoms with Crippen molar-refractivity contribution in [1.29, 1.82) is 0 Å². The van der Waals surface area contributed by atoms with Gasteiger partial charge in [-0.2, -0.15) is 0 Å². The third-order valence-corrected chi connectivity index (χ3v) is 7.84. The highest BCUT2D eigenvalue weighted by Gasteiger charge is 2.59. The van der Waals surface area contributed by atoms with E-state index < -0.39 is 6.10 Å². The van der Waals surface area contributed by atoms with E-state index >= 15 is 0 Å². The Hall–Kier alpha value is -1.40. The number of rotatable bonds is 2. The van der Waals surface area contributed by atoms with Gasteiger partial charge in [-0.05, 0) is 18.8 Å². The lowest BCUT2D eigenvalue weighted by molar-refractivity contribution is -0.145. The molecule has 6 nitrogen and oxygen atoms in total. The minimum atomic E-state index is -0.548. The van der Waals surface area contributed by atoms with Crippen LogP contribution in [0.25, 0.3) is 0 Å². The number of nitrogens with zero attached hydrogens (tertiary/aromatic N) is 2. The third-order valence-electron chi connectivity index (χ3n) is 7.84. The normalized spacial score (nSPS) is 42.2. The predicted molar refractivity (Wildman–Crippen MR) is 101 cm³/mol. The van der Waals surface area contributed by atoms with E-state index in [1.165, 1.54) is 5.57 Å². The van der Waals surface area contributed by atoms with Gasteiger partial charge in [0, 0.05) is 57.4 Å². The Kier molecular flexibility index (Phi) is 4.83. The molecule has 0 bridgehead atoms. The summed E-state index contributed by atoms with van der Waals surface area (Å²) in [6, 6.07) is 0. The SMILES string of the molecule is CC(=O)N1CCN(C[C@H]2C(=O)O[C@@H]3CC4=CCC[C@H](C)[C@@]4(C)[C@@H](O)[C@@H]32)CC1. The van der Waals surface area contributed by atoms with Crippen molar-refractivity contribution in [3.63, 3.8) is 0 Å². The van der Waals surface area contributed by atoms with E-state index in [0.717, 1.165) is 32.4 Å². The van der Waals surface area contributed by atoms with Crippen molar-refractivity contribution in [3.8, 4) is 0 Å². The minimum absolute atomic E-state index is 0.108. The second-order valence-corrected chi connectivity index (χ2v) is 9.11. The molecule has 2 aliphatic heterocycles. The fourth-order valence-corrected chi connectivity index (χ4v) is 5.80. The highest BCUT2D eigenvalue weighted by Crippen LogP contribution is 2.56. The van der Waals surface area contributed by atoms with E-state index in [1.54, 1.807) is 6.92 Å². The maximum absolute atomic E-state index is 12.7. The smallest absolute Gasteiger partial charge is 0.311 e. The van der Waals surface area contributed by atoms with Gasteiger partial charge in [0.25, 0.3) is 0 Å². The van der Waals surface area contributed by atoms with Crippen molar-refractivity contribution in [2.24, 2.45) is 23.2 Å². The van der Waals surface area contributed by atoms with Crippen LogP contribution in [0.1, 0.15) is 40.0 Å². The second-order valence-electron chi connectivity index (χ2n) is 9.11. The molecular formula is C21H32N2O4. The molecule has 4 rings (SSSR count). The van der Waals surface area contributed by atoms with Gasteiger partial charge in [-0.3, -0.25) is 14.5 Å². The number of esters is 1. The van der Waals surface area contributed by atoms with Gasteiger partial charge in [-0.15, -0.1) is 0 Å². The Balaban J connectivity index is 1.50. The maximum Gasteiger partial charge on any atom is 0.311 e. The molecule has 0 aromatic carbocycles. The molecule has 6 atom stereocenters. The van der Waals surface area contributed by atoms with Crippen LogP contribution < -0.4 is 0 Å². The monoisotopic (exact) mass is 376 g/mol. The Morgan fingerprint density at radius 3 is 2.70 bits per heavy atom. The molecule has 0 aromatic rings. The molecule has 0 unspecified atom stereocenters. The molecule has 0 radical (unpaired) electrons. The molecule has 0 aromatic heterocycles. The van der Waals surface area contributed by atoms with Gasteiger partial charge in [0.2, 0.25) is 5.91 Å². The number of ether oxygens (including phenoxy) is 1. The molecule has 27 heavy (non-hydrogen) atoms. The summed E-state index contributed by atoms with van der Waals surface area (Å²) in [5.41, 5.74) is 1.03. The van der Waals surface area contributed by atoms with E-state index in [2.05, 4.69) is 24.8 Å². The summed E-state index contributed by atoms with van der Waals surface area (Å²) in [5, 5.41) is 11.4. The first-order valence-electron chi connectivity index (χ1n) is 10.4. The van der Waals surface area contributed by atoms with Crippen LogP contribution in [-0.4, -0.2) is 71.7 Å². The fraction of sp³-hybridized carbons (Fsp3) is 0.810. The van der Waals surface area contributed by atoms with Gasteiger partial charge in [-0.25, -0.2) is 0 Å². The number of amides is 1. The van der Waals surface area contributed by atoms with Gasteiger partial charge >= 0.3 is 5.97 Å². The van der Waals surface area contributed by atoms with Crippen molar-refractivity contribution in [2.75, 3.05) is 32.7 Å². The summed E-state index contributed by atoms with van der Waals surface area (Å²) in [7, 11) is 0. The predicted octanol–water partition coefficient (Wildman–Crippen LogP) is 1.44. The number of carbonyl (C=O) groups is 2. The Morgan fingerprint density at radius 1 is 1.33 bits per heavy atom. The Bertz CT molecular complexity index is 655. The van der Waals surface area contributed by atoms with E-state index in [9.17, 15) is 14.7 Å². The van der Waals surface area contributed by atoms with Gasteiger partial charge < -0.3 is 14.7 Å². The minimum Gasteiger partial charge on any atom is -0.461 e. The van der Waals surface area contributed by atoms with Crippen LogP contribution in [0.5, 0.6) is 0 Å². The van der Waals surface area contributed by atoms with Crippen molar-refractivity contribution in [1.82, 2.24) is 9.80 Å². The molecule has 3 fully saturated rings. The van der Waals surface area contributed by atoms with E-state index in [-0.39, 0.29) is 35.2 Å². The van der Waals surface area contributed by atoms with Crippen LogP contribution >= 0.6 is 0 Å². The average molecular weight is 376 g/mol. The molecule has 6 heteroatoms. The first-order valence-corrected chi connectivity index (χ1v) is 10.4. The summed E-state index contributed by atoms with van der Waals surface area (Å²) >= 11 is 0. The zero-order chi connectivity index (χ0) is 19.3. The largest absolute Gasteiger partial charge is 0.461 e. The molecule has 2 aliphatic carbocycles. The van der Waals surface area contributed by atoms with Crippen molar-refractivity contribution in [2.45, 2.75) is 52.2 Å². The number of fused-ring (bicyclic) bond motifs is 2. The molecule has 1 amide bonds. The first kappa shape index (κ1) is 18.9. The molecule has 2 heterocycles. The van der Waals surface area contributed by atoms with Crippen LogP contribution in [0.4, 0.5) is 0 Å². The molecule has 2 saturated heterocycles. The van der Waals surface area contributed by atoms with Gasteiger partial charge in [0.05, 0.1) is 12.0 Å². The number of hydrogen-bond donors (Lipinski definition) is 1. The second kappa shape index (κ2) is 6.89. The number of aliphatic hydroxyl groups excluding tert-OH is 1. The lowest BCUT2D eigenvalue weighted by Crippen LogP contribution is -2.55. The van der Waals surface area contributed by atoms with Crippen LogP contribution in [0.2, 0.25) is 0 Å². The van der Waals surface area contributed by atoms with Crippen LogP contribution in [0.3, 0.4) is 0 Å². The van der Waals surface area contributed by atoms with Crippen LogP contribution in [0.15, 0.2) is 11.6 Å². The summed E-state index contributed by atoms with van der Waals surface area (Å²) < 4.78 is 5.75. The van der Waals surface area contributed by atoms with E-state index in [4.69, 9.17) is 4.74 Å². The molecule has 4 aliphatic rings. The van der Waals surface area contributed by atoms with Crippen LogP contribution in [-0.2, 0) is 14.3 Å². The Labute approximate surface area is 161 Å². The van der Waals surface area contributed by atoms with Crippen molar-refractivity contribution >= 4 is 11.9 Å².